The molecule has 0 N–H and O–H groups in total. The molecule has 1 aromatic heterocycles. The molecule has 0 saturated heterocycles. The van der Waals surface area contributed by atoms with Crippen LogP contribution in [0.15, 0.2) is 35.0 Å². The smallest absolute Gasteiger partial charge is 0.193 e. The minimum Gasteiger partial charge on any atom is -0.289 e. The van der Waals surface area contributed by atoms with Gasteiger partial charge in [-0.15, -0.1) is 0 Å². The lowest BCUT2D eigenvalue weighted by atomic mass is 10.0. The molecule has 0 atom stereocenters. The molecule has 0 unspecified atom stereocenters. The average molecular weight is 228 g/mol. The second-order valence-corrected chi connectivity index (χ2v) is 4.96. The molecule has 1 heterocycles. The minimum atomic E-state index is 0.149. The van der Waals surface area contributed by atoms with Crippen LogP contribution in [0.25, 0.3) is 0 Å². The number of aryl methyl sites for hydroxylation is 2. The van der Waals surface area contributed by atoms with E-state index in [1.165, 1.54) is 24.0 Å². The Kier molecular flexibility index (Phi) is 2.37. The summed E-state index contributed by atoms with van der Waals surface area (Å²) in [6.45, 7) is 0. The van der Waals surface area contributed by atoms with Crippen LogP contribution in [0.4, 0.5) is 0 Å². The largest absolute Gasteiger partial charge is 0.289 e. The van der Waals surface area contributed by atoms with Crippen LogP contribution >= 0.6 is 11.3 Å². The lowest BCUT2D eigenvalue weighted by molar-refractivity contribution is 0.103. The van der Waals surface area contributed by atoms with E-state index in [4.69, 9.17) is 0 Å². The zero-order valence-electron chi connectivity index (χ0n) is 8.90. The van der Waals surface area contributed by atoms with Crippen molar-refractivity contribution < 1.29 is 4.79 Å². The Morgan fingerprint density at radius 1 is 1.06 bits per heavy atom. The molecule has 16 heavy (non-hydrogen) atoms. The molecule has 0 radical (unpaired) electrons. The standard InChI is InChI=1S/C14H12OS/c15-14(13-6-7-16-9-13)12-5-4-10-2-1-3-11(10)8-12/h4-9H,1-3H2. The third-order valence-electron chi connectivity index (χ3n) is 3.14. The molecule has 1 aliphatic rings. The van der Waals surface area contributed by atoms with Gasteiger partial charge in [-0.2, -0.15) is 11.3 Å². The lowest BCUT2D eigenvalue weighted by Gasteiger charge is -2.02. The summed E-state index contributed by atoms with van der Waals surface area (Å²) in [5, 5.41) is 3.86. The van der Waals surface area contributed by atoms with Crippen LogP contribution in [0, 0.1) is 0 Å². The van der Waals surface area contributed by atoms with Crippen molar-refractivity contribution in [3.05, 3.63) is 57.3 Å². The second kappa shape index (κ2) is 3.87. The molecule has 3 rings (SSSR count). The number of thiophene rings is 1. The van der Waals surface area contributed by atoms with Gasteiger partial charge in [0.05, 0.1) is 0 Å². The summed E-state index contributed by atoms with van der Waals surface area (Å²) in [5.74, 6) is 0.149. The Balaban J connectivity index is 1.99. The van der Waals surface area contributed by atoms with Crippen molar-refractivity contribution in [2.75, 3.05) is 0 Å². The molecule has 80 valence electrons. The van der Waals surface area contributed by atoms with Gasteiger partial charge < -0.3 is 0 Å². The van der Waals surface area contributed by atoms with Crippen LogP contribution in [-0.2, 0) is 12.8 Å². The summed E-state index contributed by atoms with van der Waals surface area (Å²) >= 11 is 1.57. The monoisotopic (exact) mass is 228 g/mol. The van der Waals surface area contributed by atoms with Crippen LogP contribution in [0.2, 0.25) is 0 Å². The van der Waals surface area contributed by atoms with Gasteiger partial charge in [-0.3, -0.25) is 4.79 Å². The van der Waals surface area contributed by atoms with Gasteiger partial charge in [0.15, 0.2) is 5.78 Å². The van der Waals surface area contributed by atoms with Gasteiger partial charge >= 0.3 is 0 Å². The van der Waals surface area contributed by atoms with E-state index in [1.807, 2.05) is 22.9 Å². The summed E-state index contributed by atoms with van der Waals surface area (Å²) in [4.78, 5) is 12.1. The Bertz CT molecular complexity index is 526. The lowest BCUT2D eigenvalue weighted by Crippen LogP contribution is -2.00. The van der Waals surface area contributed by atoms with Crippen LogP contribution < -0.4 is 0 Å². The highest BCUT2D eigenvalue weighted by Crippen LogP contribution is 2.24. The summed E-state index contributed by atoms with van der Waals surface area (Å²) in [6.07, 6.45) is 3.52. The van der Waals surface area contributed by atoms with E-state index in [0.717, 1.165) is 17.5 Å². The van der Waals surface area contributed by atoms with Crippen molar-refractivity contribution in [1.29, 1.82) is 0 Å². The van der Waals surface area contributed by atoms with Gasteiger partial charge in [0, 0.05) is 16.5 Å². The molecule has 1 nitrogen and oxygen atoms in total. The van der Waals surface area contributed by atoms with Crippen molar-refractivity contribution >= 4 is 17.1 Å². The maximum absolute atomic E-state index is 12.1. The van der Waals surface area contributed by atoms with Crippen molar-refractivity contribution in [2.45, 2.75) is 19.3 Å². The predicted octanol–water partition coefficient (Wildman–Crippen LogP) is 3.47. The average Bonchev–Trinajstić information content (AvgIpc) is 2.98. The van der Waals surface area contributed by atoms with E-state index >= 15 is 0 Å². The van der Waals surface area contributed by atoms with Gasteiger partial charge in [0.1, 0.15) is 0 Å². The number of hydrogen-bond donors (Lipinski definition) is 0. The van der Waals surface area contributed by atoms with Crippen LogP contribution in [0.3, 0.4) is 0 Å². The second-order valence-electron chi connectivity index (χ2n) is 4.18. The molecule has 0 amide bonds. The van der Waals surface area contributed by atoms with Crippen LogP contribution in [0.5, 0.6) is 0 Å². The third kappa shape index (κ3) is 1.59. The first-order valence-corrected chi connectivity index (χ1v) is 6.47. The van der Waals surface area contributed by atoms with E-state index < -0.39 is 0 Å². The number of hydrogen-bond acceptors (Lipinski definition) is 2. The van der Waals surface area contributed by atoms with E-state index in [9.17, 15) is 4.79 Å². The quantitative estimate of drug-likeness (QED) is 0.719. The predicted molar refractivity (Wildman–Crippen MR) is 66.2 cm³/mol. The molecule has 0 bridgehead atoms. The number of carbonyl (C=O) groups is 1. The normalized spacial score (nSPS) is 13.8. The zero-order valence-corrected chi connectivity index (χ0v) is 9.72. The van der Waals surface area contributed by atoms with Crippen LogP contribution in [-0.4, -0.2) is 5.78 Å². The summed E-state index contributed by atoms with van der Waals surface area (Å²) < 4.78 is 0. The molecule has 1 aromatic carbocycles. The fourth-order valence-corrected chi connectivity index (χ4v) is 2.91. The van der Waals surface area contributed by atoms with E-state index in [0.29, 0.717) is 0 Å². The Hall–Kier alpha value is -1.41. The SMILES string of the molecule is O=C(c1ccsc1)c1ccc2c(c1)CCC2. The highest BCUT2D eigenvalue weighted by Gasteiger charge is 2.14. The number of carbonyl (C=O) groups excluding carboxylic acids is 1. The number of ketones is 1. The van der Waals surface area contributed by atoms with E-state index in [-0.39, 0.29) is 5.78 Å². The molecular weight excluding hydrogens is 216 g/mol. The highest BCUT2D eigenvalue weighted by molar-refractivity contribution is 7.08. The Morgan fingerprint density at radius 2 is 1.94 bits per heavy atom. The topological polar surface area (TPSA) is 17.1 Å². The van der Waals surface area contributed by atoms with Crippen molar-refractivity contribution in [2.24, 2.45) is 0 Å². The highest BCUT2D eigenvalue weighted by atomic mass is 32.1. The molecule has 0 saturated carbocycles. The van der Waals surface area contributed by atoms with Gasteiger partial charge in [-0.1, -0.05) is 12.1 Å². The van der Waals surface area contributed by atoms with Gasteiger partial charge in [-0.25, -0.2) is 0 Å². The van der Waals surface area contributed by atoms with Crippen molar-refractivity contribution in [3.63, 3.8) is 0 Å². The van der Waals surface area contributed by atoms with Gasteiger partial charge in [0.25, 0.3) is 0 Å². The molecule has 0 spiro atoms. The first-order chi connectivity index (χ1) is 7.84. The van der Waals surface area contributed by atoms with Gasteiger partial charge in [0.2, 0.25) is 0 Å². The Labute approximate surface area is 98.7 Å². The minimum absolute atomic E-state index is 0.149. The molecular formula is C14H12OS. The number of fused-ring (bicyclic) bond motifs is 1. The van der Waals surface area contributed by atoms with Crippen LogP contribution in [0.1, 0.15) is 33.5 Å². The first kappa shape index (κ1) is 9.79. The molecule has 0 aliphatic heterocycles. The zero-order chi connectivity index (χ0) is 11.0. The first-order valence-electron chi connectivity index (χ1n) is 5.53. The summed E-state index contributed by atoms with van der Waals surface area (Å²) in [5.41, 5.74) is 4.42. The summed E-state index contributed by atoms with van der Waals surface area (Å²) in [6, 6.07) is 8.04. The Morgan fingerprint density at radius 3 is 2.75 bits per heavy atom. The number of benzene rings is 1. The third-order valence-corrected chi connectivity index (χ3v) is 3.83. The van der Waals surface area contributed by atoms with E-state index in [2.05, 4.69) is 12.1 Å². The van der Waals surface area contributed by atoms with Gasteiger partial charge in [-0.05, 0) is 47.9 Å². The molecule has 1 aliphatic carbocycles. The van der Waals surface area contributed by atoms with E-state index in [1.54, 1.807) is 11.3 Å². The fraction of sp³-hybridized carbons (Fsp3) is 0.214. The summed E-state index contributed by atoms with van der Waals surface area (Å²) in [7, 11) is 0. The molecule has 0 fully saturated rings. The van der Waals surface area contributed by atoms with Crippen molar-refractivity contribution in [1.82, 2.24) is 0 Å². The molecule has 2 heteroatoms. The number of rotatable bonds is 2. The fourth-order valence-electron chi connectivity index (χ4n) is 2.27. The molecule has 2 aromatic rings. The maximum Gasteiger partial charge on any atom is 0.193 e. The maximum atomic E-state index is 12.1. The van der Waals surface area contributed by atoms with Crippen molar-refractivity contribution in [3.8, 4) is 0 Å².